The van der Waals surface area contributed by atoms with Crippen molar-refractivity contribution >= 4 is 23.2 Å². The van der Waals surface area contributed by atoms with Gasteiger partial charge in [-0.25, -0.2) is 0 Å². The predicted octanol–water partition coefficient (Wildman–Crippen LogP) is 5.76. The van der Waals surface area contributed by atoms with E-state index in [0.29, 0.717) is 34.9 Å². The number of carbonyl (C=O) groups excluding carboxylic acids is 2. The molecule has 0 aliphatic rings. The molecule has 5 heteroatoms. The Labute approximate surface area is 177 Å². The molecule has 0 fully saturated rings. The lowest BCUT2D eigenvalue weighted by Gasteiger charge is -2.14. The number of para-hydroxylation sites is 3. The molecular weight excluding hydrogens is 376 g/mol. The molecule has 0 spiro atoms. The second-order valence-corrected chi connectivity index (χ2v) is 6.87. The van der Waals surface area contributed by atoms with Crippen molar-refractivity contribution < 1.29 is 14.3 Å². The van der Waals surface area contributed by atoms with Gasteiger partial charge in [0.2, 0.25) is 0 Å². The van der Waals surface area contributed by atoms with E-state index in [-0.39, 0.29) is 11.8 Å². The average Bonchev–Trinajstić information content (AvgIpc) is 2.78. The van der Waals surface area contributed by atoms with Crippen molar-refractivity contribution in [2.45, 2.75) is 26.2 Å². The summed E-state index contributed by atoms with van der Waals surface area (Å²) in [6.45, 7) is 2.70. The van der Waals surface area contributed by atoms with Crippen molar-refractivity contribution in [2.75, 3.05) is 17.2 Å². The third-order valence-corrected chi connectivity index (χ3v) is 4.59. The highest BCUT2D eigenvalue weighted by atomic mass is 16.5. The molecule has 3 aromatic carbocycles. The van der Waals surface area contributed by atoms with E-state index < -0.39 is 0 Å². The fraction of sp³-hybridized carbons (Fsp3) is 0.200. The molecule has 0 heterocycles. The lowest BCUT2D eigenvalue weighted by molar-refractivity contribution is 0.102. The zero-order valence-electron chi connectivity index (χ0n) is 17.1. The number of hydrogen-bond acceptors (Lipinski definition) is 3. The van der Waals surface area contributed by atoms with Gasteiger partial charge in [0, 0.05) is 5.69 Å². The molecule has 0 aliphatic heterocycles. The number of ether oxygens (including phenoxy) is 1. The summed E-state index contributed by atoms with van der Waals surface area (Å²) in [7, 11) is 0. The first-order valence-electron chi connectivity index (χ1n) is 10.2. The number of anilines is 2. The van der Waals surface area contributed by atoms with E-state index in [4.69, 9.17) is 4.74 Å². The van der Waals surface area contributed by atoms with E-state index in [9.17, 15) is 9.59 Å². The lowest BCUT2D eigenvalue weighted by Crippen LogP contribution is -2.19. The van der Waals surface area contributed by atoms with Gasteiger partial charge in [0.05, 0.1) is 23.4 Å². The molecule has 0 bridgehead atoms. The lowest BCUT2D eigenvalue weighted by atomic mass is 10.1. The first-order chi connectivity index (χ1) is 14.7. The topological polar surface area (TPSA) is 67.4 Å². The maximum Gasteiger partial charge on any atom is 0.259 e. The van der Waals surface area contributed by atoms with Gasteiger partial charge in [-0.2, -0.15) is 0 Å². The normalized spacial score (nSPS) is 10.3. The number of benzene rings is 3. The molecular formula is C25H26N2O3. The van der Waals surface area contributed by atoms with Gasteiger partial charge in [0.1, 0.15) is 5.75 Å². The van der Waals surface area contributed by atoms with Gasteiger partial charge in [0.25, 0.3) is 11.8 Å². The first-order valence-corrected chi connectivity index (χ1v) is 10.2. The molecule has 0 aromatic heterocycles. The molecule has 0 atom stereocenters. The fourth-order valence-electron chi connectivity index (χ4n) is 3.01. The minimum Gasteiger partial charge on any atom is -0.493 e. The highest BCUT2D eigenvalue weighted by Gasteiger charge is 2.17. The summed E-state index contributed by atoms with van der Waals surface area (Å²) >= 11 is 0. The van der Waals surface area contributed by atoms with Crippen LogP contribution in [-0.4, -0.2) is 18.4 Å². The zero-order chi connectivity index (χ0) is 21.2. The molecule has 0 unspecified atom stereocenters. The van der Waals surface area contributed by atoms with E-state index in [0.717, 1.165) is 19.3 Å². The SMILES string of the molecule is CCCCCOc1ccccc1C(=O)Nc1ccccc1C(=O)Nc1ccccc1. The quantitative estimate of drug-likeness (QED) is 0.447. The van der Waals surface area contributed by atoms with Crippen molar-refractivity contribution in [2.24, 2.45) is 0 Å². The Morgan fingerprint density at radius 3 is 2.13 bits per heavy atom. The van der Waals surface area contributed by atoms with Gasteiger partial charge in [-0.05, 0) is 42.8 Å². The molecule has 5 nitrogen and oxygen atoms in total. The highest BCUT2D eigenvalue weighted by Crippen LogP contribution is 2.22. The largest absolute Gasteiger partial charge is 0.493 e. The minimum absolute atomic E-state index is 0.291. The molecule has 2 amide bonds. The maximum absolute atomic E-state index is 12.9. The van der Waals surface area contributed by atoms with Crippen LogP contribution in [0.1, 0.15) is 46.9 Å². The zero-order valence-corrected chi connectivity index (χ0v) is 17.1. The first kappa shape index (κ1) is 21.1. The van der Waals surface area contributed by atoms with Crippen LogP contribution >= 0.6 is 0 Å². The molecule has 3 aromatic rings. The Bertz CT molecular complexity index is 986. The number of hydrogen-bond donors (Lipinski definition) is 2. The Hall–Kier alpha value is -3.60. The third kappa shape index (κ3) is 5.70. The number of amides is 2. The van der Waals surface area contributed by atoms with Crippen LogP contribution in [0.2, 0.25) is 0 Å². The summed E-state index contributed by atoms with van der Waals surface area (Å²) in [5.41, 5.74) is 1.95. The summed E-state index contributed by atoms with van der Waals surface area (Å²) < 4.78 is 5.81. The van der Waals surface area contributed by atoms with E-state index in [1.165, 1.54) is 0 Å². The van der Waals surface area contributed by atoms with Gasteiger partial charge < -0.3 is 15.4 Å². The van der Waals surface area contributed by atoms with E-state index in [1.807, 2.05) is 36.4 Å². The van der Waals surface area contributed by atoms with E-state index in [2.05, 4.69) is 17.6 Å². The van der Waals surface area contributed by atoms with Gasteiger partial charge in [0.15, 0.2) is 0 Å². The van der Waals surface area contributed by atoms with Crippen molar-refractivity contribution in [3.05, 3.63) is 90.0 Å². The summed E-state index contributed by atoms with van der Waals surface area (Å²) in [4.78, 5) is 25.7. The molecule has 0 aliphatic carbocycles. The van der Waals surface area contributed by atoms with Crippen LogP contribution in [0.15, 0.2) is 78.9 Å². The van der Waals surface area contributed by atoms with Gasteiger partial charge >= 0.3 is 0 Å². The molecule has 2 N–H and O–H groups in total. The van der Waals surface area contributed by atoms with Crippen LogP contribution in [0.3, 0.4) is 0 Å². The maximum atomic E-state index is 12.9. The third-order valence-electron chi connectivity index (χ3n) is 4.59. The smallest absolute Gasteiger partial charge is 0.259 e. The Morgan fingerprint density at radius 1 is 0.733 bits per heavy atom. The molecule has 3 rings (SSSR count). The Balaban J connectivity index is 1.74. The summed E-state index contributed by atoms with van der Waals surface area (Å²) in [6.07, 6.45) is 3.13. The van der Waals surface area contributed by atoms with Crippen LogP contribution in [-0.2, 0) is 0 Å². The number of carbonyl (C=O) groups is 2. The summed E-state index contributed by atoms with van der Waals surface area (Å²) in [6, 6.07) is 23.3. The van der Waals surface area contributed by atoms with Crippen LogP contribution in [0.5, 0.6) is 5.75 Å². The highest BCUT2D eigenvalue weighted by molar-refractivity contribution is 6.13. The Kier molecular flexibility index (Phi) is 7.61. The van der Waals surface area contributed by atoms with E-state index >= 15 is 0 Å². The standard InChI is InChI=1S/C25H26N2O3/c1-2-3-11-18-30-23-17-10-8-15-21(23)25(29)27-22-16-9-7-14-20(22)24(28)26-19-12-5-4-6-13-19/h4-10,12-17H,2-3,11,18H2,1H3,(H,26,28)(H,27,29). The molecule has 0 saturated carbocycles. The van der Waals surface area contributed by atoms with Crippen molar-refractivity contribution in [3.8, 4) is 5.75 Å². The molecule has 154 valence electrons. The second-order valence-electron chi connectivity index (χ2n) is 6.87. The molecule has 0 radical (unpaired) electrons. The van der Waals surface area contributed by atoms with Crippen LogP contribution in [0.4, 0.5) is 11.4 Å². The van der Waals surface area contributed by atoms with Crippen molar-refractivity contribution in [1.29, 1.82) is 0 Å². The molecule has 0 saturated heterocycles. The van der Waals surface area contributed by atoms with Crippen LogP contribution < -0.4 is 15.4 Å². The summed E-state index contributed by atoms with van der Waals surface area (Å²) in [5.74, 6) is -0.0698. The molecule has 30 heavy (non-hydrogen) atoms. The number of rotatable bonds is 9. The monoisotopic (exact) mass is 402 g/mol. The predicted molar refractivity (Wildman–Crippen MR) is 120 cm³/mol. The summed E-state index contributed by atoms with van der Waals surface area (Å²) in [5, 5.41) is 5.70. The fourth-order valence-corrected chi connectivity index (χ4v) is 3.01. The number of nitrogens with one attached hydrogen (secondary N) is 2. The van der Waals surface area contributed by atoms with Crippen molar-refractivity contribution in [3.63, 3.8) is 0 Å². The minimum atomic E-state index is -0.318. The second kappa shape index (κ2) is 10.8. The van der Waals surface area contributed by atoms with Gasteiger partial charge in [-0.1, -0.05) is 62.2 Å². The van der Waals surface area contributed by atoms with Crippen molar-refractivity contribution in [1.82, 2.24) is 0 Å². The van der Waals surface area contributed by atoms with Gasteiger partial charge in [-0.15, -0.1) is 0 Å². The Morgan fingerprint density at radius 2 is 1.37 bits per heavy atom. The number of unbranched alkanes of at least 4 members (excludes halogenated alkanes) is 2. The average molecular weight is 402 g/mol. The van der Waals surface area contributed by atoms with E-state index in [1.54, 1.807) is 42.5 Å². The van der Waals surface area contributed by atoms with Gasteiger partial charge in [-0.3, -0.25) is 9.59 Å². The van der Waals surface area contributed by atoms with Crippen LogP contribution in [0.25, 0.3) is 0 Å². The van der Waals surface area contributed by atoms with Crippen LogP contribution in [0, 0.1) is 0 Å².